The van der Waals surface area contributed by atoms with Gasteiger partial charge in [0.15, 0.2) is 5.76 Å². The zero-order valence-electron chi connectivity index (χ0n) is 6.82. The maximum absolute atomic E-state index is 10.2. The zero-order chi connectivity index (χ0) is 9.84. The highest BCUT2D eigenvalue weighted by Gasteiger charge is 2.31. The summed E-state index contributed by atoms with van der Waals surface area (Å²) in [6.45, 7) is 3.16. The molecule has 0 saturated heterocycles. The fourth-order valence-corrected chi connectivity index (χ4v) is 0.716. The van der Waals surface area contributed by atoms with Crippen molar-refractivity contribution in [2.24, 2.45) is 0 Å². The highest BCUT2D eigenvalue weighted by molar-refractivity contribution is 6.16. The molecule has 0 bridgehead atoms. The molecule has 68 valence electrons. The SMILES string of the molecule is C=C1C(=O)C(O)=C1O.c1cc[nH]c1. The minimum atomic E-state index is -0.574. The number of aliphatic hydroxyl groups is 2. The number of carbonyl (C=O) groups excluding carboxylic acids is 1. The van der Waals surface area contributed by atoms with Crippen molar-refractivity contribution < 1.29 is 15.0 Å². The number of aromatic nitrogens is 1. The van der Waals surface area contributed by atoms with Crippen molar-refractivity contribution in [2.45, 2.75) is 0 Å². The number of rotatable bonds is 0. The molecule has 0 amide bonds. The van der Waals surface area contributed by atoms with E-state index >= 15 is 0 Å². The molecule has 0 saturated carbocycles. The number of ketones is 1. The van der Waals surface area contributed by atoms with E-state index in [1.165, 1.54) is 0 Å². The molecule has 0 spiro atoms. The fourth-order valence-electron chi connectivity index (χ4n) is 0.716. The first-order valence-corrected chi connectivity index (χ1v) is 3.58. The van der Waals surface area contributed by atoms with E-state index < -0.39 is 11.5 Å². The van der Waals surface area contributed by atoms with Crippen LogP contribution in [0.5, 0.6) is 0 Å². The van der Waals surface area contributed by atoms with Gasteiger partial charge in [-0.3, -0.25) is 4.79 Å². The van der Waals surface area contributed by atoms with E-state index in [4.69, 9.17) is 10.2 Å². The van der Waals surface area contributed by atoms with Crippen LogP contribution < -0.4 is 0 Å². The molecule has 0 aromatic carbocycles. The lowest BCUT2D eigenvalue weighted by molar-refractivity contribution is -0.116. The lowest BCUT2D eigenvalue weighted by Crippen LogP contribution is -2.20. The summed E-state index contributed by atoms with van der Waals surface area (Å²) in [5.74, 6) is -1.52. The van der Waals surface area contributed by atoms with Crippen molar-refractivity contribution in [3.8, 4) is 0 Å². The Labute approximate surface area is 74.8 Å². The second-order valence-electron chi connectivity index (χ2n) is 2.39. The average molecular weight is 179 g/mol. The predicted octanol–water partition coefficient (Wildman–Crippen LogP) is 1.47. The van der Waals surface area contributed by atoms with Gasteiger partial charge in [-0.2, -0.15) is 0 Å². The Bertz CT molecular complexity index is 310. The molecule has 1 aromatic rings. The first kappa shape index (κ1) is 9.12. The summed E-state index contributed by atoms with van der Waals surface area (Å²) >= 11 is 0. The van der Waals surface area contributed by atoms with Gasteiger partial charge in [0.05, 0.1) is 5.57 Å². The maximum Gasteiger partial charge on any atom is 0.234 e. The van der Waals surface area contributed by atoms with Gasteiger partial charge in [-0.15, -0.1) is 0 Å². The number of aromatic amines is 1. The van der Waals surface area contributed by atoms with E-state index in [2.05, 4.69) is 11.6 Å². The van der Waals surface area contributed by atoms with Crippen LogP contribution in [0, 0.1) is 0 Å². The van der Waals surface area contributed by atoms with Crippen LogP contribution in [-0.4, -0.2) is 21.0 Å². The van der Waals surface area contributed by atoms with Crippen LogP contribution in [0.1, 0.15) is 0 Å². The molecule has 1 aromatic heterocycles. The van der Waals surface area contributed by atoms with Gasteiger partial charge in [-0.25, -0.2) is 0 Å². The van der Waals surface area contributed by atoms with Gasteiger partial charge in [0, 0.05) is 12.4 Å². The number of allylic oxidation sites excluding steroid dienone is 2. The van der Waals surface area contributed by atoms with E-state index in [0.717, 1.165) is 0 Å². The number of hydrogen-bond donors (Lipinski definition) is 3. The monoisotopic (exact) mass is 179 g/mol. The smallest absolute Gasteiger partial charge is 0.234 e. The summed E-state index contributed by atoms with van der Waals surface area (Å²) < 4.78 is 0. The van der Waals surface area contributed by atoms with Crippen molar-refractivity contribution in [3.63, 3.8) is 0 Å². The van der Waals surface area contributed by atoms with E-state index in [1.807, 2.05) is 24.5 Å². The first-order valence-electron chi connectivity index (χ1n) is 3.58. The van der Waals surface area contributed by atoms with Crippen LogP contribution in [0.15, 0.2) is 48.2 Å². The van der Waals surface area contributed by atoms with Crippen molar-refractivity contribution >= 4 is 5.78 Å². The van der Waals surface area contributed by atoms with Gasteiger partial charge in [-0.05, 0) is 12.1 Å². The Balaban J connectivity index is 0.000000145. The van der Waals surface area contributed by atoms with Crippen LogP contribution in [0.25, 0.3) is 0 Å². The Morgan fingerprint density at radius 2 is 1.69 bits per heavy atom. The molecule has 4 nitrogen and oxygen atoms in total. The lowest BCUT2D eigenvalue weighted by atomic mass is 9.98. The second kappa shape index (κ2) is 3.62. The quantitative estimate of drug-likeness (QED) is 0.528. The van der Waals surface area contributed by atoms with Crippen LogP contribution in [0.4, 0.5) is 0 Å². The highest BCUT2D eigenvalue weighted by Crippen LogP contribution is 2.23. The molecule has 1 heterocycles. The summed E-state index contributed by atoms with van der Waals surface area (Å²) in [5, 5.41) is 16.8. The summed E-state index contributed by atoms with van der Waals surface area (Å²) in [6.07, 6.45) is 3.75. The predicted molar refractivity (Wildman–Crippen MR) is 47.2 cm³/mol. The number of Topliss-reactive ketones (excluding diaryl/α,β-unsaturated/α-hetero) is 1. The molecule has 2 rings (SSSR count). The van der Waals surface area contributed by atoms with E-state index in [-0.39, 0.29) is 11.3 Å². The molecule has 0 fully saturated rings. The van der Waals surface area contributed by atoms with E-state index in [9.17, 15) is 4.79 Å². The maximum atomic E-state index is 10.2. The largest absolute Gasteiger partial charge is 0.504 e. The third-order valence-electron chi connectivity index (χ3n) is 1.50. The molecule has 0 aliphatic heterocycles. The van der Waals surface area contributed by atoms with Gasteiger partial charge in [-0.1, -0.05) is 6.58 Å². The Morgan fingerprint density at radius 3 is 1.85 bits per heavy atom. The van der Waals surface area contributed by atoms with Crippen LogP contribution in [0.2, 0.25) is 0 Å². The molecular formula is C9H9NO3. The number of aliphatic hydroxyl groups excluding tert-OH is 2. The Kier molecular flexibility index (Phi) is 2.54. The summed E-state index contributed by atoms with van der Waals surface area (Å²) in [4.78, 5) is 13.1. The second-order valence-corrected chi connectivity index (χ2v) is 2.39. The van der Waals surface area contributed by atoms with Crippen molar-refractivity contribution in [3.05, 3.63) is 48.2 Å². The highest BCUT2D eigenvalue weighted by atomic mass is 16.3. The van der Waals surface area contributed by atoms with Gasteiger partial charge in [0.1, 0.15) is 0 Å². The van der Waals surface area contributed by atoms with Crippen molar-refractivity contribution in [1.29, 1.82) is 0 Å². The third-order valence-corrected chi connectivity index (χ3v) is 1.50. The number of hydrogen-bond acceptors (Lipinski definition) is 3. The molecule has 0 atom stereocenters. The molecule has 0 radical (unpaired) electrons. The van der Waals surface area contributed by atoms with Gasteiger partial charge >= 0.3 is 0 Å². The summed E-state index contributed by atoms with van der Waals surface area (Å²) in [6, 6.07) is 3.89. The first-order chi connectivity index (χ1) is 6.14. The van der Waals surface area contributed by atoms with Crippen molar-refractivity contribution in [2.75, 3.05) is 0 Å². The fraction of sp³-hybridized carbons (Fsp3) is 0. The van der Waals surface area contributed by atoms with Crippen LogP contribution in [0.3, 0.4) is 0 Å². The minimum absolute atomic E-state index is 0.0116. The average Bonchev–Trinajstić information content (AvgIpc) is 2.72. The molecular weight excluding hydrogens is 170 g/mol. The third kappa shape index (κ3) is 1.79. The van der Waals surface area contributed by atoms with E-state index in [1.54, 1.807) is 0 Å². The van der Waals surface area contributed by atoms with Gasteiger partial charge in [0.2, 0.25) is 11.5 Å². The molecule has 1 aliphatic carbocycles. The number of H-pyrrole nitrogens is 1. The molecule has 1 aliphatic rings. The molecule has 4 heteroatoms. The van der Waals surface area contributed by atoms with Gasteiger partial charge < -0.3 is 15.2 Å². The molecule has 13 heavy (non-hydrogen) atoms. The number of carbonyl (C=O) groups is 1. The zero-order valence-corrected chi connectivity index (χ0v) is 6.82. The minimum Gasteiger partial charge on any atom is -0.504 e. The number of nitrogens with one attached hydrogen (secondary N) is 1. The summed E-state index contributed by atoms with van der Waals surface area (Å²) in [7, 11) is 0. The van der Waals surface area contributed by atoms with Crippen LogP contribution >= 0.6 is 0 Å². The van der Waals surface area contributed by atoms with Crippen molar-refractivity contribution in [1.82, 2.24) is 4.98 Å². The van der Waals surface area contributed by atoms with Gasteiger partial charge in [0.25, 0.3) is 0 Å². The lowest BCUT2D eigenvalue weighted by Gasteiger charge is -2.12. The molecule has 3 N–H and O–H groups in total. The Morgan fingerprint density at radius 1 is 1.15 bits per heavy atom. The van der Waals surface area contributed by atoms with Crippen LogP contribution in [-0.2, 0) is 4.79 Å². The summed E-state index contributed by atoms with van der Waals surface area (Å²) in [5.41, 5.74) is -0.0116. The standard InChI is InChI=1S/C5H4O3.C4H5N/c1-2-3(6)5(8)4(2)7;1-2-4-5-3-1/h6,8H,1H2;1-5H. The molecule has 0 unspecified atom stereocenters. The topological polar surface area (TPSA) is 73.3 Å². The Hall–Kier alpha value is -1.97. The normalized spacial score (nSPS) is 14.8. The van der Waals surface area contributed by atoms with E-state index in [0.29, 0.717) is 0 Å².